The van der Waals surface area contributed by atoms with Gasteiger partial charge in [0.25, 0.3) is 0 Å². The molecule has 1 aliphatic carbocycles. The molecule has 3 heterocycles. The molecule has 0 radical (unpaired) electrons. The van der Waals surface area contributed by atoms with Gasteiger partial charge in [-0.1, -0.05) is 18.9 Å². The number of carbonyl (C=O) groups excluding carboxylic acids is 1. The first-order chi connectivity index (χ1) is 16.5. The van der Waals surface area contributed by atoms with Crippen molar-refractivity contribution in [3.63, 3.8) is 0 Å². The second kappa shape index (κ2) is 9.19. The summed E-state index contributed by atoms with van der Waals surface area (Å²) in [5.74, 6) is -0.262. The number of hydrogen-bond acceptors (Lipinski definition) is 12. The van der Waals surface area contributed by atoms with Crippen LogP contribution in [0.15, 0.2) is 6.33 Å². The van der Waals surface area contributed by atoms with Crippen molar-refractivity contribution in [1.29, 1.82) is 0 Å². The van der Waals surface area contributed by atoms with Gasteiger partial charge in [-0.05, 0) is 23.8 Å². The molecule has 192 valence electrons. The summed E-state index contributed by atoms with van der Waals surface area (Å²) in [5.41, 5.74) is 3.54. The average molecular weight is 513 g/mol. The number of imidazole rings is 1. The van der Waals surface area contributed by atoms with Gasteiger partial charge in [-0.2, -0.15) is 9.97 Å². The van der Waals surface area contributed by atoms with Crippen LogP contribution >= 0.6 is 8.18 Å². The molecular formula is C20H30N6O8P+. The molecule has 15 heteroatoms. The summed E-state index contributed by atoms with van der Waals surface area (Å²) in [6.07, 6.45) is -0.492. The first kappa shape index (κ1) is 25.6. The Balaban J connectivity index is 1.44. The maximum Gasteiger partial charge on any atom is 0.613 e. The van der Waals surface area contributed by atoms with Gasteiger partial charge < -0.3 is 34.7 Å². The summed E-state index contributed by atoms with van der Waals surface area (Å²) >= 11 is 0. The summed E-state index contributed by atoms with van der Waals surface area (Å²) in [7, 11) is 0.203. The van der Waals surface area contributed by atoms with Crippen molar-refractivity contribution in [2.24, 2.45) is 5.92 Å². The van der Waals surface area contributed by atoms with E-state index in [-0.39, 0.29) is 24.4 Å². The van der Waals surface area contributed by atoms with E-state index in [4.69, 9.17) is 24.5 Å². The van der Waals surface area contributed by atoms with E-state index in [1.165, 1.54) is 20.5 Å². The summed E-state index contributed by atoms with van der Waals surface area (Å²) < 4.78 is 35.2. The second-order valence-corrected chi connectivity index (χ2v) is 10.3. The number of nitrogen functional groups attached to an aromatic ring is 1. The average Bonchev–Trinajstić information content (AvgIpc) is 3.03. The Morgan fingerprint density at radius 1 is 1.40 bits per heavy atom. The Morgan fingerprint density at radius 3 is 2.69 bits per heavy atom. The first-order valence-electron chi connectivity index (χ1n) is 11.0. The molecule has 0 bridgehead atoms. The van der Waals surface area contributed by atoms with Crippen molar-refractivity contribution < 1.29 is 38.3 Å². The summed E-state index contributed by atoms with van der Waals surface area (Å²) in [5, 5.41) is 24.8. The standard InChI is InChI=1S/C20H30N6O8P/c1-9(2)6-10(16(28)32-5)25-35(30)33-7-11-13(27)20(29)17(19(20,3)34-11)26-8-22-12-14(26)23-18(21)24-15(12)31-4/h8-11,13,17,27,29H,6-7H2,1-5H3,(H,25,30)(H2,21,23,24)/q+1. The monoisotopic (exact) mass is 513 g/mol. The van der Waals surface area contributed by atoms with E-state index < -0.39 is 49.6 Å². The predicted octanol–water partition coefficient (Wildman–Crippen LogP) is 0.0726. The molecule has 7 unspecified atom stereocenters. The molecule has 2 aromatic rings. The van der Waals surface area contributed by atoms with Crippen LogP contribution in [-0.2, 0) is 23.4 Å². The van der Waals surface area contributed by atoms with Crippen LogP contribution in [0.25, 0.3) is 11.2 Å². The van der Waals surface area contributed by atoms with E-state index >= 15 is 0 Å². The summed E-state index contributed by atoms with van der Waals surface area (Å²) in [6.45, 7) is 5.19. The largest absolute Gasteiger partial charge is 0.613 e. The number of ether oxygens (including phenoxy) is 3. The van der Waals surface area contributed by atoms with Gasteiger partial charge in [0, 0.05) is 0 Å². The van der Waals surface area contributed by atoms with Crippen molar-refractivity contribution in [3.8, 4) is 5.88 Å². The van der Waals surface area contributed by atoms with Crippen LogP contribution in [0.1, 0.15) is 33.2 Å². The predicted molar refractivity (Wildman–Crippen MR) is 122 cm³/mol. The van der Waals surface area contributed by atoms with Crippen LogP contribution in [0.2, 0.25) is 0 Å². The topological polar surface area (TPSA) is 193 Å². The number of methoxy groups -OCH3 is 2. The van der Waals surface area contributed by atoms with Gasteiger partial charge in [0.1, 0.15) is 36.1 Å². The molecule has 2 aliphatic rings. The molecule has 35 heavy (non-hydrogen) atoms. The number of aromatic nitrogens is 4. The zero-order valence-corrected chi connectivity index (χ0v) is 20.9. The highest BCUT2D eigenvalue weighted by atomic mass is 31.1. The van der Waals surface area contributed by atoms with Crippen LogP contribution in [0.3, 0.4) is 0 Å². The molecular weight excluding hydrogens is 483 g/mol. The third-order valence-corrected chi connectivity index (χ3v) is 7.44. The zero-order valence-electron chi connectivity index (χ0n) is 20.0. The number of carbonyl (C=O) groups is 1. The van der Waals surface area contributed by atoms with Crippen LogP contribution < -0.4 is 15.6 Å². The van der Waals surface area contributed by atoms with E-state index in [0.717, 1.165) is 0 Å². The van der Waals surface area contributed by atoms with Gasteiger partial charge >= 0.3 is 14.1 Å². The fraction of sp³-hybridized carbons (Fsp3) is 0.700. The van der Waals surface area contributed by atoms with Crippen molar-refractivity contribution >= 4 is 31.3 Å². The van der Waals surface area contributed by atoms with Crippen molar-refractivity contribution in [2.45, 2.75) is 62.7 Å². The molecule has 4 rings (SSSR count). The Morgan fingerprint density at radius 2 is 2.11 bits per heavy atom. The minimum absolute atomic E-state index is 0.0363. The van der Waals surface area contributed by atoms with E-state index in [1.54, 1.807) is 11.5 Å². The van der Waals surface area contributed by atoms with Gasteiger partial charge in [-0.15, -0.1) is 4.52 Å². The molecule has 2 fully saturated rings. The third kappa shape index (κ3) is 4.13. The number of nitrogens with one attached hydrogen (secondary N) is 1. The van der Waals surface area contributed by atoms with Crippen molar-refractivity contribution in [2.75, 3.05) is 26.6 Å². The van der Waals surface area contributed by atoms with Crippen LogP contribution in [0.5, 0.6) is 5.88 Å². The highest BCUT2D eigenvalue weighted by Crippen LogP contribution is 2.67. The number of rotatable bonds is 10. The van der Waals surface area contributed by atoms with E-state index in [9.17, 15) is 19.6 Å². The molecule has 0 amide bonds. The summed E-state index contributed by atoms with van der Waals surface area (Å²) in [4.78, 5) is 24.4. The Kier molecular flexibility index (Phi) is 6.72. The van der Waals surface area contributed by atoms with E-state index in [2.05, 4.69) is 20.0 Å². The first-order valence-corrected chi connectivity index (χ1v) is 12.2. The number of esters is 1. The molecule has 1 saturated carbocycles. The van der Waals surface area contributed by atoms with Gasteiger partial charge in [0.05, 0.1) is 20.5 Å². The van der Waals surface area contributed by atoms with E-state index in [1.807, 2.05) is 13.8 Å². The SMILES string of the molecule is COC(=O)C(CC(C)C)N[P+](=O)OCC1OC2(C)C(n3cnc4c(OC)nc(N)nc43)C2(O)C1O. The van der Waals surface area contributed by atoms with Crippen molar-refractivity contribution in [3.05, 3.63) is 6.33 Å². The van der Waals surface area contributed by atoms with Gasteiger partial charge in [-0.3, -0.25) is 4.79 Å². The third-order valence-electron chi connectivity index (χ3n) is 6.54. The summed E-state index contributed by atoms with van der Waals surface area (Å²) in [6, 6.07) is -1.54. The Bertz CT molecular complexity index is 1150. The number of aliphatic hydroxyl groups is 2. The minimum atomic E-state index is -2.47. The van der Waals surface area contributed by atoms with Gasteiger partial charge in [0.15, 0.2) is 17.2 Å². The molecule has 14 nitrogen and oxygen atoms in total. The number of hydrogen-bond donors (Lipinski definition) is 4. The number of aliphatic hydroxyl groups excluding tert-OH is 1. The van der Waals surface area contributed by atoms with Gasteiger partial charge in [0.2, 0.25) is 11.8 Å². The number of nitrogens with zero attached hydrogens (tertiary/aromatic N) is 4. The maximum atomic E-state index is 12.4. The molecule has 0 aromatic carbocycles. The fourth-order valence-corrected chi connectivity index (χ4v) is 5.64. The quantitative estimate of drug-likeness (QED) is 0.247. The number of anilines is 1. The highest BCUT2D eigenvalue weighted by molar-refractivity contribution is 7.36. The van der Waals surface area contributed by atoms with Crippen molar-refractivity contribution in [1.82, 2.24) is 24.6 Å². The molecule has 2 aromatic heterocycles. The Labute approximate surface area is 202 Å². The molecule has 5 N–H and O–H groups in total. The van der Waals surface area contributed by atoms with Crippen LogP contribution in [0, 0.1) is 5.92 Å². The van der Waals surface area contributed by atoms with E-state index in [0.29, 0.717) is 17.6 Å². The smallest absolute Gasteiger partial charge is 0.479 e. The molecule has 7 atom stereocenters. The fourth-order valence-electron chi connectivity index (χ4n) is 4.82. The lowest BCUT2D eigenvalue weighted by molar-refractivity contribution is -0.143. The highest BCUT2D eigenvalue weighted by Gasteiger charge is 2.85. The maximum absolute atomic E-state index is 12.4. The number of fused-ring (bicyclic) bond motifs is 2. The minimum Gasteiger partial charge on any atom is -0.479 e. The van der Waals surface area contributed by atoms with Crippen LogP contribution in [-0.4, -0.2) is 86.0 Å². The lowest BCUT2D eigenvalue weighted by Gasteiger charge is -2.22. The molecule has 1 saturated heterocycles. The molecule has 0 spiro atoms. The second-order valence-electron chi connectivity index (χ2n) is 9.24. The van der Waals surface area contributed by atoms with Gasteiger partial charge in [-0.25, -0.2) is 4.98 Å². The zero-order chi connectivity index (χ0) is 25.7. The molecule has 1 aliphatic heterocycles. The normalized spacial score (nSPS) is 30.9. The lowest BCUT2D eigenvalue weighted by Crippen LogP contribution is -2.40. The lowest BCUT2D eigenvalue weighted by atomic mass is 10.1. The van der Waals surface area contributed by atoms with Crippen LogP contribution in [0.4, 0.5) is 5.95 Å². The number of nitrogens with two attached hydrogens (primary N) is 1. The Hall–Kier alpha value is -2.48.